The average Bonchev–Trinajstić information content (AvgIpc) is 4.06. The second-order valence-electron chi connectivity index (χ2n) is 15.6. The predicted molar refractivity (Wildman–Crippen MR) is 222 cm³/mol. The van der Waals surface area contributed by atoms with Gasteiger partial charge in [-0.2, -0.15) is 0 Å². The van der Waals surface area contributed by atoms with E-state index in [4.69, 9.17) is 34.0 Å². The number of rotatable bonds is 13. The Kier molecular flexibility index (Phi) is 15.2. The van der Waals surface area contributed by atoms with Gasteiger partial charge in [-0.3, -0.25) is 9.59 Å². The second kappa shape index (κ2) is 19.2. The van der Waals surface area contributed by atoms with E-state index in [1.165, 1.54) is 5.56 Å². The predicted octanol–water partition coefficient (Wildman–Crippen LogP) is 7.14. The van der Waals surface area contributed by atoms with Crippen LogP contribution in [0, 0.1) is 11.8 Å². The molecule has 4 aromatic rings. The van der Waals surface area contributed by atoms with E-state index in [0.29, 0.717) is 29.6 Å². The molecule has 9 nitrogen and oxygen atoms in total. The van der Waals surface area contributed by atoms with E-state index < -0.39 is 5.97 Å². The van der Waals surface area contributed by atoms with Crippen LogP contribution in [0.3, 0.4) is 0 Å². The second-order valence-corrected chi connectivity index (χ2v) is 16.4. The minimum absolute atomic E-state index is 0.0278. The van der Waals surface area contributed by atoms with Gasteiger partial charge in [0, 0.05) is 52.0 Å². The van der Waals surface area contributed by atoms with Crippen LogP contribution in [-0.4, -0.2) is 90.4 Å². The molecular weight excluding hydrogens is 735 g/mol. The van der Waals surface area contributed by atoms with Gasteiger partial charge in [0.05, 0.1) is 5.92 Å². The summed E-state index contributed by atoms with van der Waals surface area (Å²) in [5.41, 5.74) is 9.83. The number of aromatic hydroxyl groups is 2. The fourth-order valence-electron chi connectivity index (χ4n) is 6.91. The van der Waals surface area contributed by atoms with Gasteiger partial charge in [0.15, 0.2) is 0 Å². The van der Waals surface area contributed by atoms with Gasteiger partial charge in [-0.25, -0.2) is 0 Å². The first-order valence-corrected chi connectivity index (χ1v) is 19.3. The summed E-state index contributed by atoms with van der Waals surface area (Å²) in [4.78, 5) is 27.6. The highest BCUT2D eigenvalue weighted by Crippen LogP contribution is 2.54. The number of benzene rings is 4. The van der Waals surface area contributed by atoms with E-state index in [1.54, 1.807) is 24.3 Å². The Morgan fingerprint density at radius 1 is 0.727 bits per heavy atom. The number of amides is 1. The van der Waals surface area contributed by atoms with E-state index in [-0.39, 0.29) is 52.2 Å². The van der Waals surface area contributed by atoms with E-state index in [0.717, 1.165) is 36.0 Å². The first-order valence-electron chi connectivity index (χ1n) is 18.6. The summed E-state index contributed by atoms with van der Waals surface area (Å²) in [6.45, 7) is 5.32. The Hall–Kier alpha value is -4.12. The summed E-state index contributed by atoms with van der Waals surface area (Å²) in [7, 11) is 7.98. The third kappa shape index (κ3) is 11.7. The van der Waals surface area contributed by atoms with Crippen LogP contribution in [0.5, 0.6) is 11.5 Å². The third-order valence-corrected chi connectivity index (χ3v) is 11.9. The molecule has 2 saturated carbocycles. The lowest BCUT2D eigenvalue weighted by atomic mass is 9.95. The van der Waals surface area contributed by atoms with E-state index in [2.05, 4.69) is 34.2 Å². The smallest absolute Gasteiger partial charge is 0.307 e. The molecule has 6 N–H and O–H groups in total. The number of phenolic OH excluding ortho intramolecular Hbond substituents is 2. The van der Waals surface area contributed by atoms with Crippen molar-refractivity contribution in [2.24, 2.45) is 17.6 Å². The molecule has 6 atom stereocenters. The van der Waals surface area contributed by atoms with Crippen LogP contribution < -0.4 is 11.1 Å². The molecule has 296 valence electrons. The highest BCUT2D eigenvalue weighted by Gasteiger charge is 2.56. The third-order valence-electron chi connectivity index (χ3n) is 11.2. The fourth-order valence-corrected chi connectivity index (χ4v) is 7.42. The monoisotopic (exact) mass is 790 g/mol. The van der Waals surface area contributed by atoms with Crippen LogP contribution in [0.4, 0.5) is 0 Å². The number of likely N-dealkylation sites (N-methyl/N-ethyl adjacent to an activating group) is 2. The minimum Gasteiger partial charge on any atom is -0.508 e. The number of halogens is 2. The van der Waals surface area contributed by atoms with Gasteiger partial charge in [0.2, 0.25) is 5.91 Å². The van der Waals surface area contributed by atoms with Crippen molar-refractivity contribution >= 4 is 35.1 Å². The molecule has 0 saturated heterocycles. The van der Waals surface area contributed by atoms with Crippen LogP contribution in [0.25, 0.3) is 0 Å². The number of nitrogens with zero attached hydrogens (tertiary/aromatic N) is 2. The van der Waals surface area contributed by atoms with Crippen molar-refractivity contribution < 1.29 is 24.9 Å². The first-order chi connectivity index (χ1) is 26.0. The van der Waals surface area contributed by atoms with Crippen LogP contribution in [-0.2, 0) is 33.3 Å². The number of hydrogen-bond acceptors (Lipinski definition) is 7. The zero-order chi connectivity index (χ0) is 40.5. The maximum absolute atomic E-state index is 12.7. The Bertz CT molecular complexity index is 1880. The number of hydrogen-bond donors (Lipinski definition) is 5. The molecule has 0 bridgehead atoms. The molecule has 2 aliphatic rings. The number of nitrogens with one attached hydrogen (secondary N) is 1. The van der Waals surface area contributed by atoms with Crippen LogP contribution in [0.1, 0.15) is 48.9 Å². The lowest BCUT2D eigenvalue weighted by Crippen LogP contribution is -2.42. The Morgan fingerprint density at radius 2 is 1.15 bits per heavy atom. The molecule has 55 heavy (non-hydrogen) atoms. The largest absolute Gasteiger partial charge is 0.508 e. The number of carboxylic acid groups (broad SMARTS) is 1. The highest BCUT2D eigenvalue weighted by atomic mass is 35.5. The summed E-state index contributed by atoms with van der Waals surface area (Å²) in [6.07, 6.45) is 3.15. The molecule has 2 aliphatic carbocycles. The SMILES string of the molecule is CN(C)[C@H](CN)Cc1ccc(O)cc1Cl.CN(C)[C@H](CNC(=O)[C@@H]1C[C@]1(C)c1ccccc1)Cc1ccc(O)cc1Cl.C[C@]1(c2ccccc2)C[C@H]1C(=O)O. The summed E-state index contributed by atoms with van der Waals surface area (Å²) < 4.78 is 0. The number of phenols is 2. The lowest BCUT2D eigenvalue weighted by Gasteiger charge is -2.25. The standard InChI is InChI=1S/C22H27ClN2O2.C11H17ClN2O.C11H12O2/c1-22(16-7-5-4-6-8-16)13-19(22)21(27)24-14-17(25(2)3)11-15-9-10-18(26)12-20(15)23;1-14(2)9(7-13)5-8-3-4-10(15)6-11(8)12;1-11(7-9(11)10(12)13)8-5-3-2-4-6-8/h4-10,12,17,19,26H,11,13-14H2,1-3H3,(H,24,27);3-4,6,9,15H,5,7,13H2,1-2H3;2-6,9H,7H2,1H3,(H,12,13)/t17-,19-,22+;9-;9-,11+/m000/s1. The van der Waals surface area contributed by atoms with Crippen LogP contribution in [0.15, 0.2) is 97.1 Å². The maximum Gasteiger partial charge on any atom is 0.307 e. The minimum atomic E-state index is -0.675. The van der Waals surface area contributed by atoms with Crippen molar-refractivity contribution in [3.8, 4) is 11.5 Å². The Labute approximate surface area is 336 Å². The number of carboxylic acids is 1. The summed E-state index contributed by atoms with van der Waals surface area (Å²) >= 11 is 12.3. The summed E-state index contributed by atoms with van der Waals surface area (Å²) in [5.74, 6) is -0.364. The number of aliphatic carboxylic acids is 1. The molecule has 1 amide bonds. The van der Waals surface area contributed by atoms with Crippen molar-refractivity contribution in [1.82, 2.24) is 15.1 Å². The van der Waals surface area contributed by atoms with Crippen molar-refractivity contribution in [2.45, 2.75) is 62.4 Å². The fraction of sp³-hybridized carbons (Fsp3) is 0.409. The first kappa shape index (κ1) is 43.6. The van der Waals surface area contributed by atoms with Crippen molar-refractivity contribution in [2.75, 3.05) is 41.3 Å². The molecule has 0 aliphatic heterocycles. The molecule has 0 aromatic heterocycles. The van der Waals surface area contributed by atoms with E-state index in [1.807, 2.05) is 95.8 Å². The average molecular weight is 792 g/mol. The normalized spacial score (nSPS) is 22.0. The van der Waals surface area contributed by atoms with E-state index >= 15 is 0 Å². The Morgan fingerprint density at radius 3 is 1.53 bits per heavy atom. The van der Waals surface area contributed by atoms with Gasteiger partial charge < -0.3 is 36.2 Å². The molecule has 0 unspecified atom stereocenters. The lowest BCUT2D eigenvalue weighted by molar-refractivity contribution is -0.139. The van der Waals surface area contributed by atoms with Gasteiger partial charge in [0.1, 0.15) is 11.5 Å². The molecular formula is C44H56Cl2N4O5. The molecule has 4 aromatic carbocycles. The quantitative estimate of drug-likeness (QED) is 0.0964. The van der Waals surface area contributed by atoms with Gasteiger partial charge in [0.25, 0.3) is 0 Å². The van der Waals surface area contributed by atoms with Gasteiger partial charge in [-0.15, -0.1) is 0 Å². The molecule has 11 heteroatoms. The molecule has 0 heterocycles. The van der Waals surface area contributed by atoms with Crippen LogP contribution >= 0.6 is 23.2 Å². The highest BCUT2D eigenvalue weighted by molar-refractivity contribution is 6.31. The van der Waals surface area contributed by atoms with Crippen molar-refractivity contribution in [1.29, 1.82) is 0 Å². The van der Waals surface area contributed by atoms with Crippen LogP contribution in [0.2, 0.25) is 10.0 Å². The van der Waals surface area contributed by atoms with Gasteiger partial charge in [-0.05, 0) is 100 Å². The summed E-state index contributed by atoms with van der Waals surface area (Å²) in [6, 6.07) is 30.6. The zero-order valence-corrected chi connectivity index (χ0v) is 34.2. The number of carbonyl (C=O) groups is 2. The number of carbonyl (C=O) groups excluding carboxylic acids is 1. The molecule has 0 radical (unpaired) electrons. The topological polar surface area (TPSA) is 139 Å². The molecule has 6 rings (SSSR count). The zero-order valence-electron chi connectivity index (χ0n) is 32.7. The van der Waals surface area contributed by atoms with Gasteiger partial charge >= 0.3 is 5.97 Å². The van der Waals surface area contributed by atoms with Crippen molar-refractivity contribution in [3.05, 3.63) is 129 Å². The van der Waals surface area contributed by atoms with E-state index in [9.17, 15) is 19.8 Å². The number of nitrogens with two attached hydrogens (primary N) is 1. The summed E-state index contributed by atoms with van der Waals surface area (Å²) in [5, 5.41) is 31.9. The Balaban J connectivity index is 0.000000202. The van der Waals surface area contributed by atoms with Gasteiger partial charge in [-0.1, -0.05) is 110 Å². The molecule has 0 spiro atoms. The maximum atomic E-state index is 12.7. The molecule has 2 fully saturated rings. The van der Waals surface area contributed by atoms with Crippen molar-refractivity contribution in [3.63, 3.8) is 0 Å².